The van der Waals surface area contributed by atoms with Crippen molar-refractivity contribution in [2.45, 2.75) is 32.0 Å². The molecule has 23 heavy (non-hydrogen) atoms. The average Bonchev–Trinajstić information content (AvgIpc) is 3.22. The van der Waals surface area contributed by atoms with Crippen molar-refractivity contribution in [3.63, 3.8) is 0 Å². The molecular formula is C16H16ClN5S. The summed E-state index contributed by atoms with van der Waals surface area (Å²) in [5, 5.41) is 11.6. The molecule has 118 valence electrons. The largest absolute Gasteiger partial charge is 0.306 e. The van der Waals surface area contributed by atoms with Gasteiger partial charge in [-0.2, -0.15) is 5.10 Å². The number of thiazole rings is 1. The van der Waals surface area contributed by atoms with Crippen molar-refractivity contribution >= 4 is 22.9 Å². The van der Waals surface area contributed by atoms with Crippen molar-refractivity contribution in [2.24, 2.45) is 0 Å². The van der Waals surface area contributed by atoms with Crippen LogP contribution in [0.2, 0.25) is 5.02 Å². The van der Waals surface area contributed by atoms with Crippen LogP contribution < -0.4 is 5.32 Å². The molecule has 5 nitrogen and oxygen atoms in total. The van der Waals surface area contributed by atoms with Crippen molar-refractivity contribution in [2.75, 3.05) is 0 Å². The van der Waals surface area contributed by atoms with E-state index in [1.807, 2.05) is 28.9 Å². The first-order chi connectivity index (χ1) is 11.3. The van der Waals surface area contributed by atoms with Crippen molar-refractivity contribution in [1.82, 2.24) is 25.1 Å². The van der Waals surface area contributed by atoms with Crippen LogP contribution in [-0.4, -0.2) is 25.8 Å². The van der Waals surface area contributed by atoms with Crippen molar-refractivity contribution in [1.29, 1.82) is 0 Å². The van der Waals surface area contributed by atoms with Crippen LogP contribution in [-0.2, 0) is 19.5 Å². The fourth-order valence-electron chi connectivity index (χ4n) is 2.80. The van der Waals surface area contributed by atoms with E-state index in [0.29, 0.717) is 6.04 Å². The number of nitrogens with zero attached hydrogens (tertiary/aromatic N) is 4. The number of halogens is 1. The summed E-state index contributed by atoms with van der Waals surface area (Å²) in [5.74, 6) is 1.08. The fourth-order valence-corrected chi connectivity index (χ4v) is 3.94. The number of aryl methyl sites for hydroxylation is 1. The number of nitrogens with one attached hydrogen (secondary N) is 1. The zero-order chi connectivity index (χ0) is 15.6. The highest BCUT2D eigenvalue weighted by Crippen LogP contribution is 2.30. The molecule has 1 aromatic carbocycles. The van der Waals surface area contributed by atoms with E-state index in [9.17, 15) is 0 Å². The molecule has 1 unspecified atom stereocenters. The van der Waals surface area contributed by atoms with E-state index >= 15 is 0 Å². The highest BCUT2D eigenvalue weighted by molar-refractivity contribution is 7.13. The van der Waals surface area contributed by atoms with Crippen LogP contribution in [0, 0.1) is 0 Å². The van der Waals surface area contributed by atoms with Gasteiger partial charge in [-0.05, 0) is 12.5 Å². The van der Waals surface area contributed by atoms with E-state index in [2.05, 4.69) is 20.8 Å². The number of aromatic nitrogens is 4. The summed E-state index contributed by atoms with van der Waals surface area (Å²) < 4.78 is 1.98. The number of benzene rings is 1. The number of hydrogen-bond acceptors (Lipinski definition) is 5. The van der Waals surface area contributed by atoms with E-state index in [-0.39, 0.29) is 0 Å². The number of fused-ring (bicyclic) bond motifs is 1. The van der Waals surface area contributed by atoms with Gasteiger partial charge in [-0.15, -0.1) is 11.3 Å². The Balaban J connectivity index is 1.40. The Bertz CT molecular complexity index is 812. The molecule has 1 aliphatic rings. The molecule has 0 fully saturated rings. The molecule has 0 radical (unpaired) electrons. The Morgan fingerprint density at radius 2 is 2.26 bits per heavy atom. The second kappa shape index (κ2) is 6.39. The second-order valence-electron chi connectivity index (χ2n) is 5.60. The zero-order valence-electron chi connectivity index (χ0n) is 12.4. The summed E-state index contributed by atoms with van der Waals surface area (Å²) in [6.07, 6.45) is 3.69. The molecule has 3 heterocycles. The minimum Gasteiger partial charge on any atom is -0.306 e. The van der Waals surface area contributed by atoms with Crippen LogP contribution in [0.15, 0.2) is 36.0 Å². The zero-order valence-corrected chi connectivity index (χ0v) is 14.0. The molecule has 1 atom stereocenters. The third kappa shape index (κ3) is 3.15. The van der Waals surface area contributed by atoms with E-state index in [4.69, 9.17) is 16.6 Å². The third-order valence-corrected chi connectivity index (χ3v) is 5.29. The molecule has 4 rings (SSSR count). The molecule has 0 aliphatic carbocycles. The summed E-state index contributed by atoms with van der Waals surface area (Å²) in [5.41, 5.74) is 2.05. The molecular weight excluding hydrogens is 330 g/mol. The lowest BCUT2D eigenvalue weighted by Gasteiger charge is -2.23. The van der Waals surface area contributed by atoms with E-state index in [0.717, 1.165) is 53.0 Å². The summed E-state index contributed by atoms with van der Waals surface area (Å²) >= 11 is 7.87. The first-order valence-corrected chi connectivity index (χ1v) is 8.85. The van der Waals surface area contributed by atoms with Gasteiger partial charge in [-0.1, -0.05) is 29.8 Å². The van der Waals surface area contributed by atoms with Gasteiger partial charge < -0.3 is 5.32 Å². The normalized spacial score (nSPS) is 17.2. The highest BCUT2D eigenvalue weighted by atomic mass is 35.5. The monoisotopic (exact) mass is 345 g/mol. The van der Waals surface area contributed by atoms with Gasteiger partial charge in [0.2, 0.25) is 0 Å². The smallest absolute Gasteiger partial charge is 0.138 e. The predicted octanol–water partition coefficient (Wildman–Crippen LogP) is 3.16. The van der Waals surface area contributed by atoms with Gasteiger partial charge in [-0.25, -0.2) is 14.6 Å². The van der Waals surface area contributed by atoms with Crippen molar-refractivity contribution in [3.05, 3.63) is 52.5 Å². The molecule has 0 amide bonds. The van der Waals surface area contributed by atoms with Gasteiger partial charge in [0.05, 0.1) is 17.3 Å². The van der Waals surface area contributed by atoms with Gasteiger partial charge in [0.15, 0.2) is 0 Å². The SMILES string of the molecule is Clc1ccccc1-c1nc(CNC2CCc3ncnn3C2)cs1. The van der Waals surface area contributed by atoms with Gasteiger partial charge >= 0.3 is 0 Å². The highest BCUT2D eigenvalue weighted by Gasteiger charge is 2.19. The number of hydrogen-bond donors (Lipinski definition) is 1. The predicted molar refractivity (Wildman–Crippen MR) is 91.5 cm³/mol. The molecule has 0 spiro atoms. The summed E-state index contributed by atoms with van der Waals surface area (Å²) in [4.78, 5) is 8.95. The van der Waals surface area contributed by atoms with Crippen LogP contribution in [0.1, 0.15) is 17.9 Å². The molecule has 3 aromatic rings. The lowest BCUT2D eigenvalue weighted by atomic mass is 10.1. The second-order valence-corrected chi connectivity index (χ2v) is 6.86. The third-order valence-electron chi connectivity index (χ3n) is 4.03. The molecule has 0 bridgehead atoms. The average molecular weight is 346 g/mol. The maximum atomic E-state index is 6.24. The van der Waals surface area contributed by atoms with Crippen LogP contribution >= 0.6 is 22.9 Å². The first kappa shape index (κ1) is 14.8. The minimum absolute atomic E-state index is 0.412. The summed E-state index contributed by atoms with van der Waals surface area (Å²) in [7, 11) is 0. The summed E-state index contributed by atoms with van der Waals surface area (Å²) in [6.45, 7) is 1.63. The fraction of sp³-hybridized carbons (Fsp3) is 0.312. The lowest BCUT2D eigenvalue weighted by Crippen LogP contribution is -2.37. The van der Waals surface area contributed by atoms with Crippen LogP contribution in [0.3, 0.4) is 0 Å². The summed E-state index contributed by atoms with van der Waals surface area (Å²) in [6, 6.07) is 8.23. The van der Waals surface area contributed by atoms with Crippen molar-refractivity contribution in [3.8, 4) is 10.6 Å². The Morgan fingerprint density at radius 3 is 3.17 bits per heavy atom. The van der Waals surface area contributed by atoms with Crippen molar-refractivity contribution < 1.29 is 0 Å². The molecule has 0 saturated carbocycles. The van der Waals surface area contributed by atoms with Gasteiger partial charge in [-0.3, -0.25) is 0 Å². The first-order valence-electron chi connectivity index (χ1n) is 7.59. The van der Waals surface area contributed by atoms with Crippen LogP contribution in [0.4, 0.5) is 0 Å². The maximum absolute atomic E-state index is 6.24. The Labute approximate surface area is 143 Å². The molecule has 7 heteroatoms. The quantitative estimate of drug-likeness (QED) is 0.789. The van der Waals surface area contributed by atoms with Crippen LogP contribution in [0.5, 0.6) is 0 Å². The molecule has 2 aromatic heterocycles. The van der Waals surface area contributed by atoms with Gasteiger partial charge in [0.1, 0.15) is 17.2 Å². The standard InChI is InChI=1S/C16H16ClN5S/c17-14-4-2-1-3-13(14)16-21-12(9-23-16)7-18-11-5-6-15-19-10-20-22(15)8-11/h1-4,9-11,18H,5-8H2. The van der Waals surface area contributed by atoms with E-state index in [1.165, 1.54) is 0 Å². The Kier molecular flexibility index (Phi) is 4.11. The molecule has 1 aliphatic heterocycles. The lowest BCUT2D eigenvalue weighted by molar-refractivity contribution is 0.357. The Hall–Kier alpha value is -1.76. The number of rotatable bonds is 4. The Morgan fingerprint density at radius 1 is 1.35 bits per heavy atom. The topological polar surface area (TPSA) is 55.6 Å². The molecule has 1 N–H and O–H groups in total. The minimum atomic E-state index is 0.412. The van der Waals surface area contributed by atoms with Crippen LogP contribution in [0.25, 0.3) is 10.6 Å². The van der Waals surface area contributed by atoms with E-state index < -0.39 is 0 Å². The van der Waals surface area contributed by atoms with Gasteiger partial charge in [0.25, 0.3) is 0 Å². The van der Waals surface area contributed by atoms with Gasteiger partial charge in [0, 0.05) is 30.0 Å². The maximum Gasteiger partial charge on any atom is 0.138 e. The molecule has 0 saturated heterocycles. The van der Waals surface area contributed by atoms with E-state index in [1.54, 1.807) is 17.7 Å².